The maximum absolute atomic E-state index is 13.5. The van der Waals surface area contributed by atoms with E-state index in [1.807, 2.05) is 0 Å². The number of benzene rings is 2. The van der Waals surface area contributed by atoms with Gasteiger partial charge in [-0.2, -0.15) is 0 Å². The van der Waals surface area contributed by atoms with Gasteiger partial charge in [0.15, 0.2) is 5.76 Å². The Labute approximate surface area is 192 Å². The lowest BCUT2D eigenvalue weighted by Crippen LogP contribution is -2.31. The summed E-state index contributed by atoms with van der Waals surface area (Å²) in [6.45, 7) is 3.49. The smallest absolute Gasteiger partial charge is 0.294 e. The van der Waals surface area contributed by atoms with Crippen molar-refractivity contribution in [1.29, 1.82) is 0 Å². The Morgan fingerprint density at radius 3 is 2.32 bits per heavy atom. The number of hydrogen-bond donors (Lipinski definition) is 2. The van der Waals surface area contributed by atoms with Gasteiger partial charge in [0.25, 0.3) is 5.91 Å². The lowest BCUT2D eigenvalue weighted by Gasteiger charge is -2.27. The lowest BCUT2D eigenvalue weighted by molar-refractivity contribution is -0.117. The highest BCUT2D eigenvalue weighted by Gasteiger charge is 2.45. The Kier molecular flexibility index (Phi) is 5.51. The molecule has 4 rings (SSSR count). The first-order valence-electron chi connectivity index (χ1n) is 9.18. The second kappa shape index (κ2) is 8.00. The number of amides is 1. The van der Waals surface area contributed by atoms with E-state index in [1.54, 1.807) is 32.0 Å². The summed E-state index contributed by atoms with van der Waals surface area (Å²) >= 11 is 13.4. The van der Waals surface area contributed by atoms with Gasteiger partial charge in [-0.1, -0.05) is 35.3 Å². The van der Waals surface area contributed by atoms with Crippen molar-refractivity contribution in [3.8, 4) is 5.75 Å². The van der Waals surface area contributed by atoms with Crippen LogP contribution in [0.1, 0.15) is 32.0 Å². The van der Waals surface area contributed by atoms with E-state index >= 15 is 0 Å². The molecule has 0 bridgehead atoms. The molecular weight excluding hydrogens is 459 g/mol. The molecule has 1 atom stereocenters. The highest BCUT2D eigenvalue weighted by molar-refractivity contribution is 7.14. The molecule has 2 heterocycles. The lowest BCUT2D eigenvalue weighted by atomic mass is 9.94. The summed E-state index contributed by atoms with van der Waals surface area (Å²) in [4.78, 5) is 32.5. The van der Waals surface area contributed by atoms with Crippen molar-refractivity contribution in [2.24, 2.45) is 0 Å². The van der Waals surface area contributed by atoms with Gasteiger partial charge < -0.3 is 10.2 Å². The summed E-state index contributed by atoms with van der Waals surface area (Å²) in [7, 11) is 0. The van der Waals surface area contributed by atoms with Gasteiger partial charge in [0, 0.05) is 5.69 Å². The fourth-order valence-corrected chi connectivity index (χ4v) is 4.74. The molecule has 1 aliphatic rings. The number of thiazole rings is 1. The van der Waals surface area contributed by atoms with Gasteiger partial charge in [-0.15, -0.1) is 11.3 Å². The Hall–Kier alpha value is -2.87. The maximum atomic E-state index is 13.5. The maximum Gasteiger partial charge on any atom is 0.294 e. The number of carbonyl (C=O) groups excluding carboxylic acids is 2. The summed E-state index contributed by atoms with van der Waals surface area (Å²) < 4.78 is 0. The minimum absolute atomic E-state index is 0.0316. The van der Waals surface area contributed by atoms with E-state index in [9.17, 15) is 19.8 Å². The summed E-state index contributed by atoms with van der Waals surface area (Å²) in [6, 6.07) is 9.77. The molecule has 31 heavy (non-hydrogen) atoms. The summed E-state index contributed by atoms with van der Waals surface area (Å²) in [5.74, 6) is -1.82. The second-order valence-corrected chi connectivity index (χ2v) is 9.02. The van der Waals surface area contributed by atoms with E-state index in [0.29, 0.717) is 31.9 Å². The molecule has 9 heteroatoms. The SMILES string of the molecule is Cc1nc(C)c(C(=O)C2=C(O)C(=O)N(c3ccc(Cl)c(Cl)c3)C2c2ccc(O)cc2)s1. The van der Waals surface area contributed by atoms with Crippen molar-refractivity contribution in [2.45, 2.75) is 19.9 Å². The number of aromatic hydroxyl groups is 1. The van der Waals surface area contributed by atoms with Crippen LogP contribution in [-0.2, 0) is 4.79 Å². The predicted molar refractivity (Wildman–Crippen MR) is 120 cm³/mol. The molecule has 0 spiro atoms. The third-order valence-corrected chi connectivity index (χ3v) is 6.76. The summed E-state index contributed by atoms with van der Waals surface area (Å²) in [5, 5.41) is 21.7. The number of ketones is 1. The number of Topliss-reactive ketones (excluding diaryl/α,β-unsaturated/α-hetero) is 1. The van der Waals surface area contributed by atoms with Crippen molar-refractivity contribution in [3.63, 3.8) is 0 Å². The monoisotopic (exact) mass is 474 g/mol. The number of carbonyl (C=O) groups is 2. The molecule has 1 amide bonds. The van der Waals surface area contributed by atoms with Crippen molar-refractivity contribution in [2.75, 3.05) is 4.90 Å². The standard InChI is InChI=1S/C22H16Cl2N2O4S/c1-10-21(31-11(2)25-10)19(28)17-18(12-3-6-14(27)7-4-12)26(22(30)20(17)29)13-5-8-15(23)16(24)9-13/h3-9,18,27,29H,1-2H3. The molecule has 3 aromatic rings. The number of phenolic OH excluding ortho intramolecular Hbond substituents is 1. The highest BCUT2D eigenvalue weighted by atomic mass is 35.5. The Balaban J connectivity index is 1.90. The van der Waals surface area contributed by atoms with Crippen LogP contribution >= 0.6 is 34.5 Å². The van der Waals surface area contributed by atoms with Crippen LogP contribution in [-0.4, -0.2) is 26.9 Å². The van der Waals surface area contributed by atoms with Crippen LogP contribution < -0.4 is 4.90 Å². The molecule has 1 aliphatic heterocycles. The van der Waals surface area contributed by atoms with Crippen molar-refractivity contribution < 1.29 is 19.8 Å². The Morgan fingerprint density at radius 2 is 1.74 bits per heavy atom. The normalized spacial score (nSPS) is 16.3. The molecule has 0 saturated carbocycles. The molecule has 1 unspecified atom stereocenters. The molecule has 0 radical (unpaired) electrons. The number of anilines is 1. The number of phenols is 1. The van der Waals surface area contributed by atoms with Crippen LogP contribution in [0.3, 0.4) is 0 Å². The van der Waals surface area contributed by atoms with Crippen LogP contribution in [0.15, 0.2) is 53.8 Å². The largest absolute Gasteiger partial charge is 0.508 e. The first-order chi connectivity index (χ1) is 14.7. The van der Waals surface area contributed by atoms with E-state index in [2.05, 4.69) is 4.98 Å². The zero-order chi connectivity index (χ0) is 22.4. The first-order valence-corrected chi connectivity index (χ1v) is 10.8. The number of aliphatic hydroxyl groups is 1. The van der Waals surface area contributed by atoms with Crippen molar-refractivity contribution in [1.82, 2.24) is 4.98 Å². The third-order valence-electron chi connectivity index (χ3n) is 4.95. The van der Waals surface area contributed by atoms with E-state index < -0.39 is 23.5 Å². The molecule has 0 fully saturated rings. The van der Waals surface area contributed by atoms with E-state index in [4.69, 9.17) is 23.2 Å². The fraction of sp³-hybridized carbons (Fsp3) is 0.136. The van der Waals surface area contributed by atoms with E-state index in [0.717, 1.165) is 0 Å². The van der Waals surface area contributed by atoms with Crippen LogP contribution in [0.4, 0.5) is 5.69 Å². The predicted octanol–water partition coefficient (Wildman–Crippen LogP) is 5.56. The Morgan fingerprint density at radius 1 is 1.06 bits per heavy atom. The quantitative estimate of drug-likeness (QED) is 0.483. The van der Waals surface area contributed by atoms with Crippen LogP contribution in [0, 0.1) is 13.8 Å². The second-order valence-electron chi connectivity index (χ2n) is 7.01. The first kappa shape index (κ1) is 21.4. The molecule has 0 aliphatic carbocycles. The number of aryl methyl sites for hydroxylation is 2. The molecule has 6 nitrogen and oxygen atoms in total. The Bertz CT molecular complexity index is 1250. The minimum Gasteiger partial charge on any atom is -0.508 e. The van der Waals surface area contributed by atoms with Gasteiger partial charge in [-0.25, -0.2) is 4.98 Å². The van der Waals surface area contributed by atoms with Crippen LogP contribution in [0.25, 0.3) is 0 Å². The van der Waals surface area contributed by atoms with Gasteiger partial charge in [0.2, 0.25) is 5.78 Å². The number of aromatic nitrogens is 1. The number of nitrogens with zero attached hydrogens (tertiary/aromatic N) is 2. The number of aliphatic hydroxyl groups excluding tert-OH is 1. The van der Waals surface area contributed by atoms with Gasteiger partial charge in [0.1, 0.15) is 5.75 Å². The van der Waals surface area contributed by atoms with Crippen LogP contribution in [0.2, 0.25) is 10.0 Å². The van der Waals surface area contributed by atoms with Gasteiger partial charge in [-0.3, -0.25) is 14.5 Å². The van der Waals surface area contributed by atoms with Gasteiger partial charge >= 0.3 is 0 Å². The highest BCUT2D eigenvalue weighted by Crippen LogP contribution is 2.44. The molecule has 0 saturated heterocycles. The summed E-state index contributed by atoms with van der Waals surface area (Å²) in [5.41, 5.74) is 1.36. The molecule has 158 valence electrons. The fourth-order valence-electron chi connectivity index (χ4n) is 3.57. The molecule has 2 aromatic carbocycles. The van der Waals surface area contributed by atoms with Gasteiger partial charge in [-0.05, 0) is 49.7 Å². The zero-order valence-corrected chi connectivity index (χ0v) is 18.7. The number of halogens is 2. The third kappa shape index (κ3) is 3.69. The zero-order valence-electron chi connectivity index (χ0n) is 16.4. The van der Waals surface area contributed by atoms with E-state index in [-0.39, 0.29) is 16.3 Å². The van der Waals surface area contributed by atoms with E-state index in [1.165, 1.54) is 40.5 Å². The minimum atomic E-state index is -0.931. The van der Waals surface area contributed by atoms with Gasteiger partial charge in [0.05, 0.1) is 37.2 Å². The van der Waals surface area contributed by atoms with Crippen molar-refractivity contribution >= 4 is 51.9 Å². The van der Waals surface area contributed by atoms with Crippen LogP contribution in [0.5, 0.6) is 5.75 Å². The molecule has 2 N–H and O–H groups in total. The molecule has 1 aromatic heterocycles. The number of hydrogen-bond acceptors (Lipinski definition) is 6. The summed E-state index contributed by atoms with van der Waals surface area (Å²) in [6.07, 6.45) is 0. The topological polar surface area (TPSA) is 90.7 Å². The average molecular weight is 475 g/mol. The molecular formula is C22H16Cl2N2O4S. The number of rotatable bonds is 4. The van der Waals surface area contributed by atoms with Crippen molar-refractivity contribution in [3.05, 3.63) is 85.0 Å². The average Bonchev–Trinajstić information content (AvgIpc) is 3.20.